The Balaban J connectivity index is 5.21. The van der Waals surface area contributed by atoms with Crippen LogP contribution in [0.3, 0.4) is 0 Å². The summed E-state index contributed by atoms with van der Waals surface area (Å²) in [7, 11) is 0. The average molecular weight is 216 g/mol. The van der Waals surface area contributed by atoms with Gasteiger partial charge in [-0.3, -0.25) is 4.79 Å². The fraction of sp³-hybridized carbons (Fsp3) is 0.917. The fourth-order valence-electron chi connectivity index (χ4n) is 2.89. The first kappa shape index (κ1) is 14.4. The third-order valence-electron chi connectivity index (χ3n) is 3.12. The van der Waals surface area contributed by atoms with E-state index in [2.05, 4.69) is 0 Å². The number of rotatable bonds is 4. The van der Waals surface area contributed by atoms with Crippen molar-refractivity contribution in [1.82, 2.24) is 0 Å². The monoisotopic (exact) mass is 216 g/mol. The Labute approximate surface area is 92.5 Å². The van der Waals surface area contributed by atoms with Gasteiger partial charge in [0.25, 0.3) is 0 Å². The smallest absolute Gasteiger partial charge is 0.309 e. The van der Waals surface area contributed by atoms with Crippen LogP contribution in [0.25, 0.3) is 0 Å². The summed E-state index contributed by atoms with van der Waals surface area (Å²) in [5.41, 5.74) is -0.954. The SMILES string of the molecule is CC(CO)C(C(C)(C)C)C(C)(C)C(=O)O. The lowest BCUT2D eigenvalue weighted by atomic mass is 9.61. The number of carboxylic acid groups (broad SMARTS) is 1. The Kier molecular flexibility index (Phi) is 4.35. The van der Waals surface area contributed by atoms with Crippen molar-refractivity contribution in [2.45, 2.75) is 41.5 Å². The van der Waals surface area contributed by atoms with Gasteiger partial charge in [0.2, 0.25) is 0 Å². The van der Waals surface area contributed by atoms with Gasteiger partial charge in [0.15, 0.2) is 0 Å². The Morgan fingerprint density at radius 3 is 1.80 bits per heavy atom. The summed E-state index contributed by atoms with van der Waals surface area (Å²) >= 11 is 0. The largest absolute Gasteiger partial charge is 0.481 e. The third-order valence-corrected chi connectivity index (χ3v) is 3.12. The zero-order chi connectivity index (χ0) is 12.4. The maximum absolute atomic E-state index is 11.2. The molecule has 0 saturated carbocycles. The topological polar surface area (TPSA) is 57.5 Å². The van der Waals surface area contributed by atoms with Gasteiger partial charge in [-0.25, -0.2) is 0 Å². The van der Waals surface area contributed by atoms with Gasteiger partial charge in [-0.05, 0) is 31.1 Å². The fourth-order valence-corrected chi connectivity index (χ4v) is 2.89. The van der Waals surface area contributed by atoms with Crippen LogP contribution in [-0.4, -0.2) is 22.8 Å². The second-order valence-corrected chi connectivity index (χ2v) is 6.03. The summed E-state index contributed by atoms with van der Waals surface area (Å²) in [5.74, 6) is -0.883. The second-order valence-electron chi connectivity index (χ2n) is 6.03. The summed E-state index contributed by atoms with van der Waals surface area (Å²) in [6.07, 6.45) is 0. The van der Waals surface area contributed by atoms with E-state index in [1.807, 2.05) is 27.7 Å². The van der Waals surface area contributed by atoms with Crippen LogP contribution in [0.5, 0.6) is 0 Å². The van der Waals surface area contributed by atoms with Gasteiger partial charge in [0, 0.05) is 6.61 Å². The van der Waals surface area contributed by atoms with Crippen LogP contribution in [0.2, 0.25) is 0 Å². The number of carboxylic acids is 1. The van der Waals surface area contributed by atoms with Gasteiger partial charge < -0.3 is 10.2 Å². The minimum atomic E-state index is -0.819. The highest BCUT2D eigenvalue weighted by molar-refractivity contribution is 5.74. The molecule has 0 aliphatic rings. The quantitative estimate of drug-likeness (QED) is 0.758. The van der Waals surface area contributed by atoms with E-state index in [0.717, 1.165) is 0 Å². The van der Waals surface area contributed by atoms with Crippen LogP contribution in [-0.2, 0) is 4.79 Å². The first-order valence-corrected chi connectivity index (χ1v) is 5.39. The molecule has 0 radical (unpaired) electrons. The maximum Gasteiger partial charge on any atom is 0.309 e. The van der Waals surface area contributed by atoms with Crippen molar-refractivity contribution in [2.24, 2.45) is 22.7 Å². The molecule has 0 aliphatic heterocycles. The molecular formula is C12H24O3. The van der Waals surface area contributed by atoms with Crippen molar-refractivity contribution >= 4 is 5.97 Å². The van der Waals surface area contributed by atoms with E-state index in [9.17, 15) is 15.0 Å². The molecule has 0 rings (SSSR count). The van der Waals surface area contributed by atoms with E-state index >= 15 is 0 Å². The minimum Gasteiger partial charge on any atom is -0.481 e. The molecule has 0 aliphatic carbocycles. The van der Waals surface area contributed by atoms with Gasteiger partial charge in [-0.1, -0.05) is 27.7 Å². The molecule has 0 amide bonds. The molecule has 2 unspecified atom stereocenters. The predicted octanol–water partition coefficient (Wildman–Crippen LogP) is 2.39. The van der Waals surface area contributed by atoms with Crippen LogP contribution in [0.1, 0.15) is 41.5 Å². The van der Waals surface area contributed by atoms with E-state index in [4.69, 9.17) is 0 Å². The number of aliphatic hydroxyl groups is 1. The van der Waals surface area contributed by atoms with Crippen molar-refractivity contribution in [3.05, 3.63) is 0 Å². The van der Waals surface area contributed by atoms with E-state index in [1.54, 1.807) is 13.8 Å². The molecule has 2 N–H and O–H groups in total. The van der Waals surface area contributed by atoms with Crippen molar-refractivity contribution in [1.29, 1.82) is 0 Å². The van der Waals surface area contributed by atoms with E-state index in [-0.39, 0.29) is 23.9 Å². The molecule has 3 nitrogen and oxygen atoms in total. The first-order chi connectivity index (χ1) is 6.55. The maximum atomic E-state index is 11.2. The first-order valence-electron chi connectivity index (χ1n) is 5.39. The molecule has 2 atom stereocenters. The molecule has 0 fully saturated rings. The molecule has 0 spiro atoms. The molecule has 0 saturated heterocycles. The lowest BCUT2D eigenvalue weighted by Gasteiger charge is -2.43. The summed E-state index contributed by atoms with van der Waals surface area (Å²) in [4.78, 5) is 11.2. The molecule has 3 heteroatoms. The lowest BCUT2D eigenvalue weighted by Crippen LogP contribution is -2.44. The highest BCUT2D eigenvalue weighted by Crippen LogP contribution is 2.44. The highest BCUT2D eigenvalue weighted by atomic mass is 16.4. The molecule has 0 bridgehead atoms. The van der Waals surface area contributed by atoms with E-state index in [0.29, 0.717) is 0 Å². The van der Waals surface area contributed by atoms with E-state index in [1.165, 1.54) is 0 Å². The molecule has 0 aromatic heterocycles. The third kappa shape index (κ3) is 3.20. The second kappa shape index (κ2) is 4.52. The molecule has 0 aromatic rings. The predicted molar refractivity (Wildman–Crippen MR) is 60.6 cm³/mol. The zero-order valence-electron chi connectivity index (χ0n) is 10.7. The lowest BCUT2D eigenvalue weighted by molar-refractivity contribution is -0.155. The number of carbonyl (C=O) groups is 1. The molecular weight excluding hydrogens is 192 g/mol. The zero-order valence-corrected chi connectivity index (χ0v) is 10.7. The Morgan fingerprint density at radius 1 is 1.20 bits per heavy atom. The van der Waals surface area contributed by atoms with Crippen LogP contribution in [0.4, 0.5) is 0 Å². The Morgan fingerprint density at radius 2 is 1.60 bits per heavy atom. The minimum absolute atomic E-state index is 0.0175. The standard InChI is InChI=1S/C12H24O3/c1-8(7-13)9(11(2,3)4)12(5,6)10(14)15/h8-9,13H,7H2,1-6H3,(H,14,15). The molecule has 90 valence electrons. The van der Waals surface area contributed by atoms with Crippen molar-refractivity contribution in [3.63, 3.8) is 0 Å². The van der Waals surface area contributed by atoms with Gasteiger partial charge in [0.05, 0.1) is 5.41 Å². The van der Waals surface area contributed by atoms with Gasteiger partial charge >= 0.3 is 5.97 Å². The van der Waals surface area contributed by atoms with Crippen molar-refractivity contribution < 1.29 is 15.0 Å². The average Bonchev–Trinajstić information content (AvgIpc) is 2.00. The van der Waals surface area contributed by atoms with Crippen molar-refractivity contribution in [3.8, 4) is 0 Å². The van der Waals surface area contributed by atoms with Crippen molar-refractivity contribution in [2.75, 3.05) is 6.61 Å². The summed E-state index contributed by atoms with van der Waals surface area (Å²) in [5, 5.41) is 18.5. The number of hydrogen-bond acceptors (Lipinski definition) is 2. The highest BCUT2D eigenvalue weighted by Gasteiger charge is 2.45. The molecule has 15 heavy (non-hydrogen) atoms. The van der Waals surface area contributed by atoms with Crippen LogP contribution < -0.4 is 0 Å². The van der Waals surface area contributed by atoms with Gasteiger partial charge in [0.1, 0.15) is 0 Å². The normalized spacial score (nSPS) is 17.3. The Hall–Kier alpha value is -0.570. The Bertz CT molecular complexity index is 226. The van der Waals surface area contributed by atoms with Gasteiger partial charge in [-0.2, -0.15) is 0 Å². The summed E-state index contributed by atoms with van der Waals surface area (Å²) in [6, 6.07) is 0. The number of aliphatic carboxylic acids is 1. The summed E-state index contributed by atoms with van der Waals surface area (Å²) < 4.78 is 0. The van der Waals surface area contributed by atoms with Crippen LogP contribution in [0, 0.1) is 22.7 Å². The molecule has 0 heterocycles. The van der Waals surface area contributed by atoms with E-state index < -0.39 is 11.4 Å². The molecule has 0 aromatic carbocycles. The number of hydrogen-bond donors (Lipinski definition) is 2. The van der Waals surface area contributed by atoms with Crippen LogP contribution in [0.15, 0.2) is 0 Å². The number of aliphatic hydroxyl groups excluding tert-OH is 1. The van der Waals surface area contributed by atoms with Gasteiger partial charge in [-0.15, -0.1) is 0 Å². The summed E-state index contributed by atoms with van der Waals surface area (Å²) in [6.45, 7) is 11.5. The van der Waals surface area contributed by atoms with Crippen LogP contribution >= 0.6 is 0 Å².